The number of aliphatic carboxylic acids is 1. The van der Waals surface area contributed by atoms with Crippen LogP contribution < -0.4 is 10.1 Å². The highest BCUT2D eigenvalue weighted by molar-refractivity contribution is 5.90. The van der Waals surface area contributed by atoms with E-state index in [-0.39, 0.29) is 24.8 Å². The second kappa shape index (κ2) is 5.84. The van der Waals surface area contributed by atoms with Crippen molar-refractivity contribution in [1.82, 2.24) is 14.8 Å². The summed E-state index contributed by atoms with van der Waals surface area (Å²) in [5, 5.41) is 15.1. The van der Waals surface area contributed by atoms with Crippen molar-refractivity contribution in [3.8, 4) is 5.75 Å². The fraction of sp³-hybridized carbons (Fsp3) is 0.286. The van der Waals surface area contributed by atoms with E-state index in [0.29, 0.717) is 6.61 Å². The zero-order valence-corrected chi connectivity index (χ0v) is 11.7. The fourth-order valence-corrected chi connectivity index (χ4v) is 2.27. The van der Waals surface area contributed by atoms with Crippen molar-refractivity contribution < 1.29 is 19.4 Å². The van der Waals surface area contributed by atoms with Crippen LogP contribution in [0.25, 0.3) is 0 Å². The maximum atomic E-state index is 12.0. The molecule has 8 heteroatoms. The van der Waals surface area contributed by atoms with Crippen LogP contribution in [0.15, 0.2) is 24.5 Å². The molecule has 1 aromatic heterocycles. The van der Waals surface area contributed by atoms with Gasteiger partial charge in [0, 0.05) is 6.42 Å². The molecule has 0 bridgehead atoms. The van der Waals surface area contributed by atoms with Gasteiger partial charge in [0.15, 0.2) is 0 Å². The lowest BCUT2D eigenvalue weighted by atomic mass is 10.1. The first kappa shape index (κ1) is 14.1. The highest BCUT2D eigenvalue weighted by Gasteiger charge is 2.14. The molecule has 0 fully saturated rings. The summed E-state index contributed by atoms with van der Waals surface area (Å²) in [5.74, 6) is -0.316. The molecule has 2 N–H and O–H groups in total. The summed E-state index contributed by atoms with van der Waals surface area (Å²) in [6, 6.07) is 5.67. The van der Waals surface area contributed by atoms with Gasteiger partial charge in [-0.1, -0.05) is 12.1 Å². The number of benzene rings is 1. The molecule has 0 radical (unpaired) electrons. The standard InChI is InChI=1S/C14H14N4O4/c19-12(16-14-15-8-18(17-14)7-13(20)21)6-9-1-2-11-10(5-9)3-4-22-11/h1-2,5,8H,3-4,6-7H2,(H,20,21)(H,16,17,19). The van der Waals surface area contributed by atoms with Gasteiger partial charge in [-0.3, -0.25) is 14.9 Å². The predicted octanol–water partition coefficient (Wildman–Crippen LogP) is 0.479. The third-order valence-electron chi connectivity index (χ3n) is 3.20. The summed E-state index contributed by atoms with van der Waals surface area (Å²) in [6.45, 7) is 0.379. The molecule has 0 unspecified atom stereocenters. The minimum atomic E-state index is -1.02. The van der Waals surface area contributed by atoms with Gasteiger partial charge in [-0.25, -0.2) is 9.67 Å². The number of amides is 1. The Morgan fingerprint density at radius 1 is 1.41 bits per heavy atom. The lowest BCUT2D eigenvalue weighted by molar-refractivity contribution is -0.137. The number of hydrogen-bond acceptors (Lipinski definition) is 5. The van der Waals surface area contributed by atoms with Crippen LogP contribution in [0, 0.1) is 0 Å². The van der Waals surface area contributed by atoms with Gasteiger partial charge >= 0.3 is 5.97 Å². The summed E-state index contributed by atoms with van der Waals surface area (Å²) in [7, 11) is 0. The Labute approximate surface area is 125 Å². The quantitative estimate of drug-likeness (QED) is 0.832. The molecule has 0 spiro atoms. The van der Waals surface area contributed by atoms with Crippen molar-refractivity contribution in [2.45, 2.75) is 19.4 Å². The molecule has 114 valence electrons. The first-order valence-electron chi connectivity index (χ1n) is 6.76. The fourth-order valence-electron chi connectivity index (χ4n) is 2.27. The molecule has 22 heavy (non-hydrogen) atoms. The second-order valence-corrected chi connectivity index (χ2v) is 4.92. The number of carboxylic acids is 1. The number of fused-ring (bicyclic) bond motifs is 1. The molecule has 3 rings (SSSR count). The van der Waals surface area contributed by atoms with Gasteiger partial charge in [-0.15, -0.1) is 5.10 Å². The van der Waals surface area contributed by atoms with Crippen LogP contribution in [0.4, 0.5) is 5.95 Å². The third-order valence-corrected chi connectivity index (χ3v) is 3.20. The van der Waals surface area contributed by atoms with Crippen LogP contribution in [0.5, 0.6) is 5.75 Å². The van der Waals surface area contributed by atoms with Gasteiger partial charge in [0.1, 0.15) is 18.6 Å². The molecule has 0 saturated carbocycles. The third kappa shape index (κ3) is 3.22. The van der Waals surface area contributed by atoms with Crippen LogP contribution >= 0.6 is 0 Å². The molecule has 0 atom stereocenters. The van der Waals surface area contributed by atoms with E-state index in [9.17, 15) is 9.59 Å². The van der Waals surface area contributed by atoms with E-state index < -0.39 is 5.97 Å². The minimum Gasteiger partial charge on any atom is -0.493 e. The average molecular weight is 302 g/mol. The SMILES string of the molecule is O=C(O)Cn1cnc(NC(=O)Cc2ccc3c(c2)CCO3)n1. The number of anilines is 1. The molecule has 8 nitrogen and oxygen atoms in total. The lowest BCUT2D eigenvalue weighted by Crippen LogP contribution is -2.16. The van der Waals surface area contributed by atoms with Gasteiger partial charge < -0.3 is 9.84 Å². The van der Waals surface area contributed by atoms with E-state index in [1.165, 1.54) is 6.33 Å². The zero-order valence-electron chi connectivity index (χ0n) is 11.7. The zero-order chi connectivity index (χ0) is 15.5. The Balaban J connectivity index is 1.60. The van der Waals surface area contributed by atoms with Crippen LogP contribution in [-0.2, 0) is 29.0 Å². The molecular weight excluding hydrogens is 288 g/mol. The first-order valence-corrected chi connectivity index (χ1v) is 6.76. The number of aromatic nitrogens is 3. The largest absolute Gasteiger partial charge is 0.493 e. The molecule has 0 saturated heterocycles. The minimum absolute atomic E-state index is 0.0933. The topological polar surface area (TPSA) is 106 Å². The summed E-state index contributed by atoms with van der Waals surface area (Å²) in [6.07, 6.45) is 2.31. The summed E-state index contributed by atoms with van der Waals surface area (Å²) in [5.41, 5.74) is 1.99. The van der Waals surface area contributed by atoms with Gasteiger partial charge in [0.2, 0.25) is 11.9 Å². The number of carbonyl (C=O) groups is 2. The van der Waals surface area contributed by atoms with Gasteiger partial charge in [-0.2, -0.15) is 0 Å². The number of ether oxygens (including phenoxy) is 1. The van der Waals surface area contributed by atoms with Crippen molar-refractivity contribution in [2.75, 3.05) is 11.9 Å². The van der Waals surface area contributed by atoms with E-state index >= 15 is 0 Å². The summed E-state index contributed by atoms with van der Waals surface area (Å²) < 4.78 is 6.56. The maximum absolute atomic E-state index is 12.0. The smallest absolute Gasteiger partial charge is 0.325 e. The Hall–Kier alpha value is -2.90. The van der Waals surface area contributed by atoms with E-state index in [4.69, 9.17) is 9.84 Å². The number of hydrogen-bond donors (Lipinski definition) is 2. The predicted molar refractivity (Wildman–Crippen MR) is 75.6 cm³/mol. The number of nitrogens with one attached hydrogen (secondary N) is 1. The first-order chi connectivity index (χ1) is 10.6. The monoisotopic (exact) mass is 302 g/mol. The molecule has 1 aliphatic rings. The van der Waals surface area contributed by atoms with Crippen LogP contribution in [0.1, 0.15) is 11.1 Å². The Morgan fingerprint density at radius 3 is 3.09 bits per heavy atom. The second-order valence-electron chi connectivity index (χ2n) is 4.92. The van der Waals surface area contributed by atoms with E-state index in [1.54, 1.807) is 0 Å². The highest BCUT2D eigenvalue weighted by Crippen LogP contribution is 2.26. The maximum Gasteiger partial charge on any atom is 0.325 e. The van der Waals surface area contributed by atoms with Crippen molar-refractivity contribution in [3.63, 3.8) is 0 Å². The molecule has 2 heterocycles. The number of rotatable bonds is 5. The van der Waals surface area contributed by atoms with E-state index in [0.717, 1.165) is 28.0 Å². The van der Waals surface area contributed by atoms with Crippen LogP contribution in [0.2, 0.25) is 0 Å². The Kier molecular flexibility index (Phi) is 3.73. The molecule has 0 aliphatic carbocycles. The summed E-state index contributed by atoms with van der Waals surface area (Å²) >= 11 is 0. The normalized spacial score (nSPS) is 12.5. The van der Waals surface area contributed by atoms with Crippen molar-refractivity contribution in [1.29, 1.82) is 0 Å². The van der Waals surface area contributed by atoms with Gasteiger partial charge in [-0.05, 0) is 17.2 Å². The number of nitrogens with zero attached hydrogens (tertiary/aromatic N) is 3. The van der Waals surface area contributed by atoms with E-state index in [2.05, 4.69) is 15.4 Å². The van der Waals surface area contributed by atoms with E-state index in [1.807, 2.05) is 18.2 Å². The van der Waals surface area contributed by atoms with Crippen molar-refractivity contribution in [3.05, 3.63) is 35.7 Å². The molecule has 1 aromatic carbocycles. The van der Waals surface area contributed by atoms with Crippen molar-refractivity contribution >= 4 is 17.8 Å². The van der Waals surface area contributed by atoms with Gasteiger partial charge in [0.25, 0.3) is 0 Å². The summed E-state index contributed by atoms with van der Waals surface area (Å²) in [4.78, 5) is 26.4. The Morgan fingerprint density at radius 2 is 2.27 bits per heavy atom. The highest BCUT2D eigenvalue weighted by atomic mass is 16.5. The number of carbonyl (C=O) groups excluding carboxylic acids is 1. The van der Waals surface area contributed by atoms with Gasteiger partial charge in [0.05, 0.1) is 13.0 Å². The molecule has 1 aliphatic heterocycles. The van der Waals surface area contributed by atoms with Crippen LogP contribution in [0.3, 0.4) is 0 Å². The molecular formula is C14H14N4O4. The molecule has 1 amide bonds. The average Bonchev–Trinajstić information content (AvgIpc) is 3.06. The van der Waals surface area contributed by atoms with Crippen LogP contribution in [-0.4, -0.2) is 38.4 Å². The Bertz CT molecular complexity index is 725. The lowest BCUT2D eigenvalue weighted by Gasteiger charge is -2.04. The number of carboxylic acid groups (broad SMARTS) is 1. The molecule has 2 aromatic rings. The van der Waals surface area contributed by atoms with Crippen molar-refractivity contribution in [2.24, 2.45) is 0 Å².